The van der Waals surface area contributed by atoms with Crippen LogP contribution in [0.4, 0.5) is 23.5 Å². The maximum atomic E-state index is 6.42. The molecule has 1 aliphatic rings. The molecule has 0 radical (unpaired) electrons. The fourth-order valence-electron chi connectivity index (χ4n) is 3.58. The molecule has 0 unspecified atom stereocenters. The number of nitrogens with zero attached hydrogens (tertiary/aromatic N) is 7. The van der Waals surface area contributed by atoms with E-state index >= 15 is 0 Å². The fourth-order valence-corrected chi connectivity index (χ4v) is 3.79. The van der Waals surface area contributed by atoms with Crippen molar-refractivity contribution in [1.82, 2.24) is 35.1 Å². The zero-order chi connectivity index (χ0) is 23.6. The molecule has 0 bridgehead atoms. The summed E-state index contributed by atoms with van der Waals surface area (Å²) in [5.41, 5.74) is 0.707. The van der Waals surface area contributed by atoms with Crippen molar-refractivity contribution in [3.05, 3.63) is 16.7 Å². The van der Waals surface area contributed by atoms with Crippen LogP contribution in [0.5, 0.6) is 0 Å². The number of rotatable bonds is 12. The van der Waals surface area contributed by atoms with Gasteiger partial charge >= 0.3 is 0 Å². The quantitative estimate of drug-likeness (QED) is 0.395. The van der Waals surface area contributed by atoms with Crippen LogP contribution >= 0.6 is 11.6 Å². The highest BCUT2D eigenvalue weighted by atomic mass is 35.5. The van der Waals surface area contributed by atoms with Crippen molar-refractivity contribution < 1.29 is 0 Å². The maximum Gasteiger partial charge on any atom is 0.233 e. The molecule has 3 heterocycles. The van der Waals surface area contributed by atoms with Gasteiger partial charge in [-0.05, 0) is 20.5 Å². The third kappa shape index (κ3) is 7.35. The fraction of sp³-hybridized carbons (Fsp3) is 0.682. The summed E-state index contributed by atoms with van der Waals surface area (Å²) in [6.45, 7) is 9.32. The third-order valence-corrected chi connectivity index (χ3v) is 5.86. The van der Waals surface area contributed by atoms with Gasteiger partial charge in [0.2, 0.25) is 11.9 Å². The molecular formula is C22H37ClN10. The van der Waals surface area contributed by atoms with Crippen LogP contribution in [-0.4, -0.2) is 76.6 Å². The minimum Gasteiger partial charge on any atom is -0.367 e. The van der Waals surface area contributed by atoms with Crippen LogP contribution in [0.2, 0.25) is 5.15 Å². The zero-order valence-corrected chi connectivity index (χ0v) is 21.0. The minimum atomic E-state index is 0.365. The van der Waals surface area contributed by atoms with E-state index < -0.39 is 0 Å². The molecule has 33 heavy (non-hydrogen) atoms. The topological polar surface area (TPSA) is 107 Å². The number of aromatic nitrogens is 5. The summed E-state index contributed by atoms with van der Waals surface area (Å²) in [6, 6.07) is 0. The number of halogens is 1. The molecule has 0 aromatic carbocycles. The summed E-state index contributed by atoms with van der Waals surface area (Å²) in [4.78, 5) is 27.8. The Morgan fingerprint density at radius 2 is 1.70 bits per heavy atom. The van der Waals surface area contributed by atoms with Crippen LogP contribution in [0.3, 0.4) is 0 Å². The predicted octanol–water partition coefficient (Wildman–Crippen LogP) is 3.08. The Labute approximate surface area is 202 Å². The molecule has 0 aliphatic carbocycles. The maximum absolute atomic E-state index is 6.42. The van der Waals surface area contributed by atoms with E-state index in [-0.39, 0.29) is 0 Å². The lowest BCUT2D eigenvalue weighted by Crippen LogP contribution is -2.45. The second-order valence-electron chi connectivity index (χ2n) is 8.32. The van der Waals surface area contributed by atoms with Crippen LogP contribution in [0.25, 0.3) is 0 Å². The molecule has 0 spiro atoms. The lowest BCUT2D eigenvalue weighted by molar-refractivity contribution is 0.311. The highest BCUT2D eigenvalue weighted by molar-refractivity contribution is 6.31. The van der Waals surface area contributed by atoms with Crippen molar-refractivity contribution in [2.75, 3.05) is 62.4 Å². The van der Waals surface area contributed by atoms with Crippen LogP contribution in [0, 0.1) is 0 Å². The molecule has 10 nitrogen and oxygen atoms in total. The van der Waals surface area contributed by atoms with E-state index in [0.29, 0.717) is 40.9 Å². The Balaban J connectivity index is 1.82. The van der Waals surface area contributed by atoms with Gasteiger partial charge in [0.05, 0.1) is 5.69 Å². The monoisotopic (exact) mass is 476 g/mol. The van der Waals surface area contributed by atoms with Crippen molar-refractivity contribution in [1.29, 1.82) is 0 Å². The van der Waals surface area contributed by atoms with Gasteiger partial charge in [0.25, 0.3) is 0 Å². The predicted molar refractivity (Wildman–Crippen MR) is 135 cm³/mol. The summed E-state index contributed by atoms with van der Waals surface area (Å²) in [6.07, 6.45) is 5.39. The van der Waals surface area contributed by atoms with Gasteiger partial charge in [-0.25, -0.2) is 9.97 Å². The summed E-state index contributed by atoms with van der Waals surface area (Å²) >= 11 is 6.42. The normalized spacial score (nSPS) is 14.5. The highest BCUT2D eigenvalue weighted by Gasteiger charge is 2.19. The first kappa shape index (κ1) is 25.3. The van der Waals surface area contributed by atoms with Crippen LogP contribution < -0.4 is 20.9 Å². The molecule has 2 aromatic heterocycles. The molecule has 3 N–H and O–H groups in total. The van der Waals surface area contributed by atoms with Crippen molar-refractivity contribution >= 4 is 35.1 Å². The first-order valence-corrected chi connectivity index (χ1v) is 12.3. The van der Waals surface area contributed by atoms with E-state index in [0.717, 1.165) is 51.4 Å². The molecule has 1 fully saturated rings. The van der Waals surface area contributed by atoms with E-state index in [1.807, 2.05) is 14.0 Å². The van der Waals surface area contributed by atoms with E-state index in [9.17, 15) is 0 Å². The van der Waals surface area contributed by atoms with Gasteiger partial charge in [0.15, 0.2) is 16.8 Å². The summed E-state index contributed by atoms with van der Waals surface area (Å²) in [7, 11) is 4.00. The molecule has 0 atom stereocenters. The van der Waals surface area contributed by atoms with Crippen LogP contribution in [0.1, 0.15) is 51.0 Å². The molecule has 2 aromatic rings. The van der Waals surface area contributed by atoms with Gasteiger partial charge in [0, 0.05) is 45.7 Å². The largest absolute Gasteiger partial charge is 0.367 e. The number of hydrogen-bond donors (Lipinski definition) is 3. The Hall–Kier alpha value is -2.30. The molecule has 0 saturated carbocycles. The average Bonchev–Trinajstić information content (AvgIpc) is 2.81. The van der Waals surface area contributed by atoms with Gasteiger partial charge in [-0.3, -0.25) is 0 Å². The van der Waals surface area contributed by atoms with E-state index in [2.05, 4.69) is 54.7 Å². The molecule has 1 saturated heterocycles. The summed E-state index contributed by atoms with van der Waals surface area (Å²) in [5, 5.41) is 10.1. The van der Waals surface area contributed by atoms with Gasteiger partial charge < -0.3 is 25.8 Å². The van der Waals surface area contributed by atoms with E-state index in [4.69, 9.17) is 21.6 Å². The molecule has 1 aliphatic heterocycles. The Bertz CT molecular complexity index is 886. The van der Waals surface area contributed by atoms with E-state index in [1.165, 1.54) is 19.3 Å². The third-order valence-electron chi connectivity index (χ3n) is 5.59. The number of anilines is 4. The summed E-state index contributed by atoms with van der Waals surface area (Å²) < 4.78 is 0. The minimum absolute atomic E-state index is 0.365. The number of unbranched alkanes of at least 4 members (excludes halogenated alkanes) is 3. The SMILES string of the molecule is CCCCCCNc1nc(Nc2nc(CC)nc(N3CCN(C)CC3)n2)c(CNC)nc1Cl. The smallest absolute Gasteiger partial charge is 0.233 e. The number of hydrogen-bond acceptors (Lipinski definition) is 10. The van der Waals surface area contributed by atoms with Crippen molar-refractivity contribution in [2.45, 2.75) is 52.5 Å². The second-order valence-corrected chi connectivity index (χ2v) is 8.68. The number of likely N-dealkylation sites (N-methyl/N-ethyl adjacent to an activating group) is 1. The zero-order valence-electron chi connectivity index (χ0n) is 20.3. The van der Waals surface area contributed by atoms with E-state index in [1.54, 1.807) is 0 Å². The lowest BCUT2D eigenvalue weighted by atomic mass is 10.2. The first-order valence-electron chi connectivity index (χ1n) is 11.9. The lowest BCUT2D eigenvalue weighted by Gasteiger charge is -2.32. The van der Waals surface area contributed by atoms with Crippen molar-refractivity contribution in [2.24, 2.45) is 0 Å². The second kappa shape index (κ2) is 12.8. The van der Waals surface area contributed by atoms with Gasteiger partial charge in [-0.2, -0.15) is 15.0 Å². The standard InChI is InChI=1S/C22H37ClN10/c1-5-7-8-9-10-25-20-18(23)26-16(15-24-3)19(29-20)30-21-27-17(6-2)28-22(31-21)33-13-11-32(4)12-14-33/h24H,5-15H2,1-4H3,(H2,25,27,28,29,30,31). The average molecular weight is 477 g/mol. The molecule has 11 heteroatoms. The van der Waals surface area contributed by atoms with Gasteiger partial charge in [-0.15, -0.1) is 0 Å². The summed E-state index contributed by atoms with van der Waals surface area (Å²) in [5.74, 6) is 3.07. The molecule has 182 valence electrons. The highest BCUT2D eigenvalue weighted by Crippen LogP contribution is 2.25. The van der Waals surface area contributed by atoms with Crippen LogP contribution in [0.15, 0.2) is 0 Å². The van der Waals surface area contributed by atoms with Crippen molar-refractivity contribution in [3.63, 3.8) is 0 Å². The van der Waals surface area contributed by atoms with Gasteiger partial charge in [-0.1, -0.05) is 44.7 Å². The molecule has 3 rings (SSSR count). The van der Waals surface area contributed by atoms with Gasteiger partial charge in [0.1, 0.15) is 5.82 Å². The number of nitrogens with one attached hydrogen (secondary N) is 3. The van der Waals surface area contributed by atoms with Crippen molar-refractivity contribution in [3.8, 4) is 0 Å². The Morgan fingerprint density at radius 3 is 2.39 bits per heavy atom. The number of aryl methyl sites for hydroxylation is 1. The number of piperazine rings is 1. The Morgan fingerprint density at radius 1 is 0.909 bits per heavy atom. The van der Waals surface area contributed by atoms with Crippen LogP contribution in [-0.2, 0) is 13.0 Å². The molecular weight excluding hydrogens is 440 g/mol. The Kier molecular flexibility index (Phi) is 9.83. The molecule has 0 amide bonds. The first-order chi connectivity index (χ1) is 16.0.